The van der Waals surface area contributed by atoms with Crippen molar-refractivity contribution in [2.24, 2.45) is 4.99 Å². The molecule has 0 N–H and O–H groups in total. The molecule has 0 fully saturated rings. The first-order chi connectivity index (χ1) is 16.2. The van der Waals surface area contributed by atoms with Gasteiger partial charge in [-0.15, -0.1) is 0 Å². The van der Waals surface area contributed by atoms with Crippen molar-refractivity contribution < 1.29 is 49.0 Å². The van der Waals surface area contributed by atoms with Gasteiger partial charge in [-0.05, 0) is 13.3 Å². The predicted octanol–water partition coefficient (Wildman–Crippen LogP) is 6.70. The van der Waals surface area contributed by atoms with Gasteiger partial charge in [0.25, 0.3) is 0 Å². The van der Waals surface area contributed by atoms with E-state index < -0.39 is 48.8 Å². The van der Waals surface area contributed by atoms with Crippen molar-refractivity contribution in [3.63, 3.8) is 0 Å². The number of carbonyl (C=O) groups is 1. The maximum atomic E-state index is 14.1. The average Bonchev–Trinajstić information content (AvgIpc) is 2.79. The summed E-state index contributed by atoms with van der Waals surface area (Å²) in [6.45, 7) is 1.11. The third-order valence-corrected chi connectivity index (χ3v) is 4.88. The minimum Gasteiger partial charge on any atom is -0.464 e. The molecule has 12 heteroatoms. The fraction of sp³-hybridized carbons (Fsp3) is 0.391. The Morgan fingerprint density at radius 2 is 1.26 bits per heavy atom. The lowest BCUT2D eigenvalue weighted by Gasteiger charge is -2.34. The van der Waals surface area contributed by atoms with Crippen LogP contribution in [-0.2, 0) is 9.53 Å². The van der Waals surface area contributed by atoms with Crippen LogP contribution < -0.4 is 0 Å². The fourth-order valence-electron chi connectivity index (χ4n) is 3.02. The van der Waals surface area contributed by atoms with E-state index in [1.807, 2.05) is 0 Å². The van der Waals surface area contributed by atoms with E-state index in [1.165, 1.54) is 6.92 Å². The molecule has 0 radical (unpaired) electrons. The number of hydrogen-bond acceptors (Lipinski definition) is 3. The molecule has 0 saturated carbocycles. The molecule has 0 amide bonds. The third kappa shape index (κ3) is 6.15. The van der Waals surface area contributed by atoms with Gasteiger partial charge < -0.3 is 4.74 Å². The Balaban J connectivity index is 2.47. The van der Waals surface area contributed by atoms with E-state index in [9.17, 15) is 44.3 Å². The lowest BCUT2D eigenvalue weighted by Crippen LogP contribution is -2.60. The molecule has 2 aromatic rings. The molecular weight excluding hydrogens is 493 g/mol. The van der Waals surface area contributed by atoms with Gasteiger partial charge in [-0.3, -0.25) is 4.99 Å². The van der Waals surface area contributed by atoms with E-state index in [4.69, 9.17) is 4.74 Å². The zero-order valence-corrected chi connectivity index (χ0v) is 18.1. The molecule has 2 aromatic carbocycles. The zero-order valence-electron chi connectivity index (χ0n) is 18.1. The molecule has 0 heterocycles. The van der Waals surface area contributed by atoms with Crippen molar-refractivity contribution >= 4 is 11.7 Å². The lowest BCUT2D eigenvalue weighted by molar-refractivity contribution is -0.396. The maximum Gasteiger partial charge on any atom is 0.460 e. The van der Waals surface area contributed by atoms with Crippen LogP contribution in [0.4, 0.5) is 39.5 Å². The maximum absolute atomic E-state index is 14.1. The number of alkyl halides is 9. The summed E-state index contributed by atoms with van der Waals surface area (Å²) in [5.74, 6) is -20.8. The van der Waals surface area contributed by atoms with Crippen molar-refractivity contribution in [1.82, 2.24) is 0 Å². The highest BCUT2D eigenvalue weighted by atomic mass is 19.4. The molecule has 0 saturated heterocycles. The van der Waals surface area contributed by atoms with Crippen molar-refractivity contribution in [2.75, 3.05) is 6.61 Å². The monoisotopic (exact) mass is 513 g/mol. The molecule has 0 spiro atoms. The summed E-state index contributed by atoms with van der Waals surface area (Å²) in [6, 6.07) is 14.0. The second-order valence-corrected chi connectivity index (χ2v) is 7.37. The number of aliphatic imine (C=N–C) groups is 1. The van der Waals surface area contributed by atoms with Crippen LogP contribution >= 0.6 is 0 Å². The van der Waals surface area contributed by atoms with E-state index in [-0.39, 0.29) is 12.3 Å². The standard InChI is InChI=1S/C23H20F9NO2/c1-2-35-19(34)17(13-14-20(24,25)21(26,27)22(28,29)23(30,31)32)33-18(15-9-5-3-6-10-15)16-11-7-4-8-12-16/h3-12,17H,2,13-14H2,1H3. The van der Waals surface area contributed by atoms with Gasteiger partial charge in [0.15, 0.2) is 0 Å². The Labute approximate surface area is 194 Å². The van der Waals surface area contributed by atoms with Crippen LogP contribution in [0.15, 0.2) is 65.7 Å². The summed E-state index contributed by atoms with van der Waals surface area (Å²) >= 11 is 0. The van der Waals surface area contributed by atoms with Crippen molar-refractivity contribution in [1.29, 1.82) is 0 Å². The molecule has 0 aliphatic carbocycles. The largest absolute Gasteiger partial charge is 0.464 e. The second-order valence-electron chi connectivity index (χ2n) is 7.37. The van der Waals surface area contributed by atoms with Crippen LogP contribution in [0.5, 0.6) is 0 Å². The van der Waals surface area contributed by atoms with E-state index in [1.54, 1.807) is 60.7 Å². The predicted molar refractivity (Wildman–Crippen MR) is 109 cm³/mol. The second kappa shape index (κ2) is 10.7. The molecule has 3 nitrogen and oxygen atoms in total. The number of ether oxygens (including phenoxy) is 1. The number of nitrogens with zero attached hydrogens (tertiary/aromatic N) is 1. The van der Waals surface area contributed by atoms with E-state index >= 15 is 0 Å². The van der Waals surface area contributed by atoms with Gasteiger partial charge in [0.2, 0.25) is 0 Å². The average molecular weight is 513 g/mol. The van der Waals surface area contributed by atoms with Gasteiger partial charge in [-0.1, -0.05) is 60.7 Å². The van der Waals surface area contributed by atoms with Gasteiger partial charge >= 0.3 is 29.9 Å². The van der Waals surface area contributed by atoms with E-state index in [0.29, 0.717) is 11.1 Å². The van der Waals surface area contributed by atoms with Crippen LogP contribution in [0.2, 0.25) is 0 Å². The van der Waals surface area contributed by atoms with Gasteiger partial charge in [0, 0.05) is 17.5 Å². The Bertz CT molecular complexity index is 965. The normalized spacial score (nSPS) is 13.8. The SMILES string of the molecule is CCOC(=O)C(CCC(F)(F)C(F)(F)C(F)(F)C(F)(F)F)N=C(c1ccccc1)c1ccccc1. The number of benzene rings is 2. The molecule has 0 aliphatic heterocycles. The molecule has 1 unspecified atom stereocenters. The molecule has 2 rings (SSSR count). The van der Waals surface area contributed by atoms with Gasteiger partial charge in [0.05, 0.1) is 12.3 Å². The van der Waals surface area contributed by atoms with Crippen molar-refractivity contribution in [2.45, 2.75) is 49.8 Å². The molecule has 192 valence electrons. The first kappa shape index (κ1) is 28.2. The van der Waals surface area contributed by atoms with Crippen LogP contribution in [0.3, 0.4) is 0 Å². The summed E-state index contributed by atoms with van der Waals surface area (Å²) in [5.41, 5.74) is 0.863. The Kier molecular flexibility index (Phi) is 8.61. The number of hydrogen-bond donors (Lipinski definition) is 0. The first-order valence-electron chi connectivity index (χ1n) is 10.2. The summed E-state index contributed by atoms with van der Waals surface area (Å²) in [5, 5.41) is 0. The molecule has 35 heavy (non-hydrogen) atoms. The Morgan fingerprint density at radius 1 is 0.800 bits per heavy atom. The van der Waals surface area contributed by atoms with Crippen molar-refractivity contribution in [3.05, 3.63) is 71.8 Å². The van der Waals surface area contributed by atoms with Gasteiger partial charge in [-0.2, -0.15) is 39.5 Å². The van der Waals surface area contributed by atoms with Crippen LogP contribution in [-0.4, -0.2) is 48.3 Å². The van der Waals surface area contributed by atoms with Crippen LogP contribution in [0.25, 0.3) is 0 Å². The summed E-state index contributed by atoms with van der Waals surface area (Å²) in [7, 11) is 0. The number of carbonyl (C=O) groups excluding carboxylic acids is 1. The smallest absolute Gasteiger partial charge is 0.460 e. The fourth-order valence-corrected chi connectivity index (χ4v) is 3.02. The third-order valence-electron chi connectivity index (χ3n) is 4.88. The Hall–Kier alpha value is -3.05. The highest BCUT2D eigenvalue weighted by molar-refractivity contribution is 6.13. The molecule has 0 bridgehead atoms. The molecule has 0 aromatic heterocycles. The number of esters is 1. The summed E-state index contributed by atoms with van der Waals surface area (Å²) in [6.07, 6.45) is -10.4. The van der Waals surface area contributed by atoms with E-state index in [2.05, 4.69) is 4.99 Å². The van der Waals surface area contributed by atoms with Gasteiger partial charge in [-0.25, -0.2) is 4.79 Å². The molecule has 1 atom stereocenters. The number of halogens is 9. The van der Waals surface area contributed by atoms with Gasteiger partial charge in [0.1, 0.15) is 6.04 Å². The molecule has 0 aliphatic rings. The highest BCUT2D eigenvalue weighted by Crippen LogP contribution is 2.54. The van der Waals surface area contributed by atoms with Crippen LogP contribution in [0, 0.1) is 0 Å². The highest BCUT2D eigenvalue weighted by Gasteiger charge is 2.81. The number of rotatable bonds is 10. The minimum absolute atomic E-state index is 0.0694. The topological polar surface area (TPSA) is 38.7 Å². The van der Waals surface area contributed by atoms with E-state index in [0.717, 1.165) is 0 Å². The quantitative estimate of drug-likeness (QED) is 0.201. The zero-order chi connectivity index (χ0) is 26.5. The molecular formula is C23H20F9NO2. The lowest BCUT2D eigenvalue weighted by atomic mass is 9.96. The minimum atomic E-state index is -7.01. The first-order valence-corrected chi connectivity index (χ1v) is 10.2. The summed E-state index contributed by atoms with van der Waals surface area (Å²) in [4.78, 5) is 16.5. The Morgan fingerprint density at radius 3 is 1.66 bits per heavy atom. The van der Waals surface area contributed by atoms with Crippen LogP contribution in [0.1, 0.15) is 30.9 Å². The van der Waals surface area contributed by atoms with Crippen molar-refractivity contribution in [3.8, 4) is 0 Å². The summed E-state index contributed by atoms with van der Waals surface area (Å²) < 4.78 is 124.